The molecule has 1 fully saturated rings. The molecule has 1 unspecified atom stereocenters. The molecule has 0 radical (unpaired) electrons. The average molecular weight is 275 g/mol. The Morgan fingerprint density at radius 1 is 1.11 bits per heavy atom. The Kier molecular flexibility index (Phi) is 3.00. The van der Waals surface area contributed by atoms with Gasteiger partial charge in [-0.25, -0.2) is 0 Å². The Morgan fingerprint density at radius 3 is 2.32 bits per heavy atom. The molecule has 3 rings (SSSR count). The third-order valence-electron chi connectivity index (χ3n) is 3.39. The van der Waals surface area contributed by atoms with Gasteiger partial charge in [-0.1, -0.05) is 17.7 Å². The summed E-state index contributed by atoms with van der Waals surface area (Å²) in [5.74, 6) is 1.61. The molecule has 2 nitrogen and oxygen atoms in total. The highest BCUT2D eigenvalue weighted by molar-refractivity contribution is 6.30. The van der Waals surface area contributed by atoms with E-state index in [1.54, 1.807) is 0 Å². The summed E-state index contributed by atoms with van der Waals surface area (Å²) in [5, 5.41) is 0.706. The Labute approximate surface area is 117 Å². The molecule has 1 aliphatic rings. The minimum Gasteiger partial charge on any atom is -0.457 e. The number of ether oxygens (including phenoxy) is 2. The van der Waals surface area contributed by atoms with Crippen molar-refractivity contribution in [3.63, 3.8) is 0 Å². The van der Waals surface area contributed by atoms with Gasteiger partial charge in [0.15, 0.2) is 0 Å². The molecular weight excluding hydrogens is 260 g/mol. The molecule has 1 atom stereocenters. The maximum atomic E-state index is 5.85. The fourth-order valence-corrected chi connectivity index (χ4v) is 2.32. The van der Waals surface area contributed by atoms with E-state index in [1.807, 2.05) is 36.4 Å². The highest BCUT2D eigenvalue weighted by Crippen LogP contribution is 2.40. The zero-order valence-electron chi connectivity index (χ0n) is 10.9. The van der Waals surface area contributed by atoms with E-state index in [4.69, 9.17) is 21.1 Å². The molecule has 0 aromatic heterocycles. The van der Waals surface area contributed by atoms with Crippen LogP contribution in [0.4, 0.5) is 0 Å². The van der Waals surface area contributed by atoms with Crippen molar-refractivity contribution >= 4 is 11.6 Å². The standard InChI is InChI=1S/C16H15ClO2/c1-11-9-14(7-8-15(11)16(2)10-18-16)19-13-5-3-12(17)4-6-13/h3-9H,10H2,1-2H3. The molecule has 2 aromatic rings. The van der Waals surface area contributed by atoms with Crippen molar-refractivity contribution in [3.05, 3.63) is 58.6 Å². The van der Waals surface area contributed by atoms with E-state index < -0.39 is 0 Å². The summed E-state index contributed by atoms with van der Waals surface area (Å²) in [5.41, 5.74) is 2.32. The summed E-state index contributed by atoms with van der Waals surface area (Å²) >= 11 is 5.85. The van der Waals surface area contributed by atoms with E-state index in [2.05, 4.69) is 19.9 Å². The smallest absolute Gasteiger partial charge is 0.127 e. The van der Waals surface area contributed by atoms with Gasteiger partial charge in [0.1, 0.15) is 17.1 Å². The summed E-state index contributed by atoms with van der Waals surface area (Å²) in [4.78, 5) is 0. The summed E-state index contributed by atoms with van der Waals surface area (Å²) in [6, 6.07) is 13.4. The van der Waals surface area contributed by atoms with E-state index in [1.165, 1.54) is 11.1 Å². The summed E-state index contributed by atoms with van der Waals surface area (Å²) in [6.45, 7) is 4.98. The predicted octanol–water partition coefficient (Wildman–Crippen LogP) is 4.69. The van der Waals surface area contributed by atoms with Crippen LogP contribution in [0.2, 0.25) is 5.02 Å². The lowest BCUT2D eigenvalue weighted by molar-refractivity contribution is 0.328. The van der Waals surface area contributed by atoms with Gasteiger partial charge in [-0.15, -0.1) is 0 Å². The SMILES string of the molecule is Cc1cc(Oc2ccc(Cl)cc2)ccc1C1(C)CO1. The first-order valence-corrected chi connectivity index (χ1v) is 6.63. The van der Waals surface area contributed by atoms with Gasteiger partial charge in [-0.05, 0) is 61.4 Å². The average Bonchev–Trinajstić information content (AvgIpc) is 3.11. The van der Waals surface area contributed by atoms with Gasteiger partial charge in [-0.2, -0.15) is 0 Å². The van der Waals surface area contributed by atoms with E-state index in [9.17, 15) is 0 Å². The fraction of sp³-hybridized carbons (Fsp3) is 0.250. The van der Waals surface area contributed by atoms with Crippen molar-refractivity contribution in [2.45, 2.75) is 19.4 Å². The molecule has 19 heavy (non-hydrogen) atoms. The minimum atomic E-state index is -0.0944. The van der Waals surface area contributed by atoms with E-state index in [0.29, 0.717) is 5.02 Å². The molecule has 1 heterocycles. The first-order valence-electron chi connectivity index (χ1n) is 6.25. The molecule has 2 aromatic carbocycles. The van der Waals surface area contributed by atoms with Gasteiger partial charge >= 0.3 is 0 Å². The van der Waals surface area contributed by atoms with Crippen LogP contribution in [0, 0.1) is 6.92 Å². The van der Waals surface area contributed by atoms with Crippen LogP contribution >= 0.6 is 11.6 Å². The number of halogens is 1. The fourth-order valence-electron chi connectivity index (χ4n) is 2.20. The van der Waals surface area contributed by atoms with Crippen molar-refractivity contribution in [3.8, 4) is 11.5 Å². The van der Waals surface area contributed by atoms with Crippen molar-refractivity contribution in [1.82, 2.24) is 0 Å². The molecule has 0 spiro atoms. The third-order valence-corrected chi connectivity index (χ3v) is 3.65. The van der Waals surface area contributed by atoms with E-state index in [-0.39, 0.29) is 5.60 Å². The first kappa shape index (κ1) is 12.5. The highest BCUT2D eigenvalue weighted by Gasteiger charge is 2.42. The van der Waals surface area contributed by atoms with Gasteiger partial charge in [0.25, 0.3) is 0 Å². The Morgan fingerprint density at radius 2 is 1.74 bits per heavy atom. The van der Waals surface area contributed by atoms with E-state index >= 15 is 0 Å². The van der Waals surface area contributed by atoms with Crippen LogP contribution in [0.3, 0.4) is 0 Å². The Bertz CT molecular complexity index is 601. The van der Waals surface area contributed by atoms with Crippen molar-refractivity contribution in [1.29, 1.82) is 0 Å². The van der Waals surface area contributed by atoms with Crippen molar-refractivity contribution in [2.24, 2.45) is 0 Å². The highest BCUT2D eigenvalue weighted by atomic mass is 35.5. The zero-order valence-corrected chi connectivity index (χ0v) is 11.7. The van der Waals surface area contributed by atoms with Gasteiger partial charge in [0.2, 0.25) is 0 Å². The summed E-state index contributed by atoms with van der Waals surface area (Å²) in [7, 11) is 0. The zero-order chi connectivity index (χ0) is 13.5. The number of aryl methyl sites for hydroxylation is 1. The number of epoxide rings is 1. The molecule has 1 saturated heterocycles. The topological polar surface area (TPSA) is 21.8 Å². The van der Waals surface area contributed by atoms with Gasteiger partial charge < -0.3 is 9.47 Å². The molecule has 0 aliphatic carbocycles. The summed E-state index contributed by atoms with van der Waals surface area (Å²) in [6.07, 6.45) is 0. The second kappa shape index (κ2) is 4.55. The second-order valence-corrected chi connectivity index (χ2v) is 5.49. The molecule has 0 N–H and O–H groups in total. The van der Waals surface area contributed by atoms with Crippen molar-refractivity contribution in [2.75, 3.05) is 6.61 Å². The van der Waals surface area contributed by atoms with Crippen LogP contribution in [0.15, 0.2) is 42.5 Å². The number of hydrogen-bond donors (Lipinski definition) is 0. The summed E-state index contributed by atoms with van der Waals surface area (Å²) < 4.78 is 11.3. The quantitative estimate of drug-likeness (QED) is 0.758. The van der Waals surface area contributed by atoms with Gasteiger partial charge in [0, 0.05) is 5.02 Å². The van der Waals surface area contributed by atoms with Crippen LogP contribution in [0.25, 0.3) is 0 Å². The van der Waals surface area contributed by atoms with Crippen molar-refractivity contribution < 1.29 is 9.47 Å². The van der Waals surface area contributed by atoms with Gasteiger partial charge in [0.05, 0.1) is 6.61 Å². The number of hydrogen-bond acceptors (Lipinski definition) is 2. The lowest BCUT2D eigenvalue weighted by Gasteiger charge is -2.12. The predicted molar refractivity (Wildman–Crippen MR) is 76.0 cm³/mol. The maximum absolute atomic E-state index is 5.85. The van der Waals surface area contributed by atoms with E-state index in [0.717, 1.165) is 18.1 Å². The van der Waals surface area contributed by atoms with Crippen LogP contribution in [0.1, 0.15) is 18.1 Å². The lowest BCUT2D eigenvalue weighted by atomic mass is 9.97. The monoisotopic (exact) mass is 274 g/mol. The van der Waals surface area contributed by atoms with Crippen LogP contribution < -0.4 is 4.74 Å². The van der Waals surface area contributed by atoms with Crippen LogP contribution in [0.5, 0.6) is 11.5 Å². The molecule has 0 amide bonds. The maximum Gasteiger partial charge on any atom is 0.127 e. The molecule has 1 aliphatic heterocycles. The molecular formula is C16H15ClO2. The number of benzene rings is 2. The molecule has 3 heteroatoms. The molecule has 98 valence electrons. The lowest BCUT2D eigenvalue weighted by Crippen LogP contribution is -2.04. The van der Waals surface area contributed by atoms with Crippen LogP contribution in [-0.2, 0) is 10.3 Å². The Balaban J connectivity index is 1.82. The minimum absolute atomic E-state index is 0.0944. The second-order valence-electron chi connectivity index (χ2n) is 5.05. The number of rotatable bonds is 3. The molecule has 0 saturated carbocycles. The van der Waals surface area contributed by atoms with Gasteiger partial charge in [-0.3, -0.25) is 0 Å². The normalized spacial score (nSPS) is 21.2. The van der Waals surface area contributed by atoms with Crippen LogP contribution in [-0.4, -0.2) is 6.61 Å². The first-order chi connectivity index (χ1) is 9.07. The Hall–Kier alpha value is -1.51. The molecule has 0 bridgehead atoms. The largest absolute Gasteiger partial charge is 0.457 e. The third kappa shape index (κ3) is 2.60.